The summed E-state index contributed by atoms with van der Waals surface area (Å²) in [6.45, 7) is 0. The van der Waals surface area contributed by atoms with E-state index in [9.17, 15) is 9.18 Å². The summed E-state index contributed by atoms with van der Waals surface area (Å²) in [6, 6.07) is 4.88. The van der Waals surface area contributed by atoms with Crippen LogP contribution in [0.2, 0.25) is 0 Å². The number of rotatable bonds is 6. The van der Waals surface area contributed by atoms with Crippen LogP contribution in [-0.4, -0.2) is 51.9 Å². The topological polar surface area (TPSA) is 105 Å². The minimum absolute atomic E-state index is 0.271. The monoisotopic (exact) mass is 371 g/mol. The number of fused-ring (bicyclic) bond motifs is 1. The Morgan fingerprint density at radius 1 is 1.44 bits per heavy atom. The van der Waals surface area contributed by atoms with Crippen LogP contribution < -0.4 is 20.7 Å². The molecule has 1 aliphatic carbocycles. The first-order valence-corrected chi connectivity index (χ1v) is 8.38. The van der Waals surface area contributed by atoms with E-state index in [0.29, 0.717) is 35.3 Å². The van der Waals surface area contributed by atoms with Gasteiger partial charge in [-0.3, -0.25) is 4.79 Å². The third kappa shape index (κ3) is 3.21. The van der Waals surface area contributed by atoms with E-state index in [4.69, 9.17) is 4.74 Å². The molecule has 3 aromatic heterocycles. The normalized spacial score (nSPS) is 18.2. The molecule has 0 radical (unpaired) electrons. The number of carbonyl (C=O) groups excluding carboxylic acids is 1. The first-order chi connectivity index (χ1) is 13.1. The van der Waals surface area contributed by atoms with Crippen molar-refractivity contribution in [2.45, 2.75) is 18.6 Å². The van der Waals surface area contributed by atoms with E-state index in [1.165, 1.54) is 17.8 Å². The van der Waals surface area contributed by atoms with Gasteiger partial charge < -0.3 is 20.7 Å². The van der Waals surface area contributed by atoms with Gasteiger partial charge in [-0.2, -0.15) is 9.61 Å². The summed E-state index contributed by atoms with van der Waals surface area (Å²) in [7, 11) is 3.26. The molecule has 1 aliphatic rings. The van der Waals surface area contributed by atoms with Gasteiger partial charge in [0.05, 0.1) is 19.3 Å². The van der Waals surface area contributed by atoms with Gasteiger partial charge in [-0.05, 0) is 12.1 Å². The Balaban J connectivity index is 1.71. The number of nitrogens with zero attached hydrogens (tertiary/aromatic N) is 4. The lowest BCUT2D eigenvalue weighted by atomic mass is 10.3. The number of hydrogen-bond acceptors (Lipinski definition) is 7. The Morgan fingerprint density at radius 3 is 2.96 bits per heavy atom. The van der Waals surface area contributed by atoms with Crippen LogP contribution in [0.1, 0.15) is 16.8 Å². The molecule has 0 unspecified atom stereocenters. The van der Waals surface area contributed by atoms with E-state index in [-0.39, 0.29) is 5.56 Å². The number of hydrogen-bond donors (Lipinski definition) is 3. The maximum atomic E-state index is 13.1. The average Bonchev–Trinajstić information content (AvgIpc) is 3.19. The fourth-order valence-electron chi connectivity index (χ4n) is 2.71. The van der Waals surface area contributed by atoms with Crippen LogP contribution in [0.5, 0.6) is 5.88 Å². The predicted octanol–water partition coefficient (Wildman–Crippen LogP) is 1.76. The number of methoxy groups -OCH3 is 1. The van der Waals surface area contributed by atoms with Crippen LogP contribution in [-0.2, 0) is 0 Å². The lowest BCUT2D eigenvalue weighted by molar-refractivity contribution is 0.0949. The van der Waals surface area contributed by atoms with Gasteiger partial charge in [0.25, 0.3) is 5.91 Å². The van der Waals surface area contributed by atoms with Gasteiger partial charge in [0.1, 0.15) is 29.1 Å². The fraction of sp³-hybridized carbons (Fsp3) is 0.294. The molecule has 2 atom stereocenters. The maximum absolute atomic E-state index is 13.1. The Bertz CT molecular complexity index is 1010. The van der Waals surface area contributed by atoms with Crippen LogP contribution in [0.3, 0.4) is 0 Å². The lowest BCUT2D eigenvalue weighted by Gasteiger charge is -2.12. The molecule has 1 amide bonds. The van der Waals surface area contributed by atoms with Crippen molar-refractivity contribution in [3.05, 3.63) is 36.2 Å². The summed E-state index contributed by atoms with van der Waals surface area (Å²) in [4.78, 5) is 21.1. The van der Waals surface area contributed by atoms with E-state index >= 15 is 0 Å². The van der Waals surface area contributed by atoms with Crippen molar-refractivity contribution in [2.75, 3.05) is 24.8 Å². The van der Waals surface area contributed by atoms with Crippen LogP contribution in [0, 0.1) is 0 Å². The number of aromatic nitrogens is 4. The number of halogens is 1. The zero-order chi connectivity index (χ0) is 19.0. The number of nitrogens with one attached hydrogen (secondary N) is 3. The number of amides is 1. The highest BCUT2D eigenvalue weighted by atomic mass is 19.1. The zero-order valence-corrected chi connectivity index (χ0v) is 14.7. The number of anilines is 3. The number of alkyl halides is 1. The molecule has 0 aliphatic heterocycles. The van der Waals surface area contributed by atoms with Gasteiger partial charge in [0.15, 0.2) is 5.65 Å². The van der Waals surface area contributed by atoms with E-state index in [0.717, 1.165) is 0 Å². The molecule has 3 aromatic rings. The average molecular weight is 371 g/mol. The molecule has 4 rings (SSSR count). The summed E-state index contributed by atoms with van der Waals surface area (Å²) in [5, 5.41) is 13.0. The third-order valence-electron chi connectivity index (χ3n) is 4.23. The van der Waals surface area contributed by atoms with Crippen LogP contribution in [0.15, 0.2) is 30.6 Å². The SMILES string of the molecule is CNc1cc(Nc2cccnc2OC)nc2c(C(=O)N[C@H]3C[C@H]3F)cnn12. The summed E-state index contributed by atoms with van der Waals surface area (Å²) in [5.74, 6) is 1.11. The smallest absolute Gasteiger partial charge is 0.257 e. The molecular formula is C17H18FN7O2. The summed E-state index contributed by atoms with van der Waals surface area (Å²) in [6.07, 6.45) is 2.40. The molecule has 9 nitrogen and oxygen atoms in total. The van der Waals surface area contributed by atoms with Crippen molar-refractivity contribution in [2.24, 2.45) is 0 Å². The molecular weight excluding hydrogens is 353 g/mol. The van der Waals surface area contributed by atoms with E-state index in [1.54, 1.807) is 31.4 Å². The highest BCUT2D eigenvalue weighted by Gasteiger charge is 2.39. The van der Waals surface area contributed by atoms with Gasteiger partial charge in [-0.25, -0.2) is 14.4 Å². The predicted molar refractivity (Wildman–Crippen MR) is 97.4 cm³/mol. The second-order valence-corrected chi connectivity index (χ2v) is 6.09. The Kier molecular flexibility index (Phi) is 4.22. The van der Waals surface area contributed by atoms with E-state index < -0.39 is 18.1 Å². The van der Waals surface area contributed by atoms with Gasteiger partial charge in [-0.1, -0.05) is 0 Å². The summed E-state index contributed by atoms with van der Waals surface area (Å²) >= 11 is 0. The maximum Gasteiger partial charge on any atom is 0.257 e. The number of ether oxygens (including phenoxy) is 1. The second-order valence-electron chi connectivity index (χ2n) is 6.09. The molecule has 0 spiro atoms. The minimum Gasteiger partial charge on any atom is -0.480 e. The van der Waals surface area contributed by atoms with Crippen LogP contribution >= 0.6 is 0 Å². The van der Waals surface area contributed by atoms with Gasteiger partial charge in [0.2, 0.25) is 5.88 Å². The Labute approximate surface area is 154 Å². The van der Waals surface area contributed by atoms with Crippen molar-refractivity contribution in [1.29, 1.82) is 0 Å². The first-order valence-electron chi connectivity index (χ1n) is 8.38. The molecule has 0 saturated heterocycles. The molecule has 3 N–H and O–H groups in total. The van der Waals surface area contributed by atoms with E-state index in [1.807, 2.05) is 0 Å². The molecule has 27 heavy (non-hydrogen) atoms. The van der Waals surface area contributed by atoms with Gasteiger partial charge in [-0.15, -0.1) is 0 Å². The summed E-state index contributed by atoms with van der Waals surface area (Å²) < 4.78 is 19.8. The van der Waals surface area contributed by atoms with Crippen molar-refractivity contribution in [1.82, 2.24) is 24.9 Å². The second kappa shape index (κ2) is 6.71. The number of carbonyl (C=O) groups is 1. The largest absolute Gasteiger partial charge is 0.480 e. The Morgan fingerprint density at radius 2 is 2.26 bits per heavy atom. The fourth-order valence-corrected chi connectivity index (χ4v) is 2.71. The van der Waals surface area contributed by atoms with E-state index in [2.05, 4.69) is 31.0 Å². The first kappa shape index (κ1) is 17.0. The molecule has 1 fully saturated rings. The molecule has 0 aromatic carbocycles. The molecule has 140 valence electrons. The standard InChI is InChI=1S/C17H18FN7O2/c1-19-14-7-13(22-11-4-3-5-20-17(11)27-2)24-15-9(8-21-25(14)15)16(26)23-12-6-10(12)18/h3-5,7-8,10,12,19H,6H2,1-2H3,(H,22,24)(H,23,26)/t10-,12+/m1/s1. The van der Waals surface area contributed by atoms with Crippen molar-refractivity contribution < 1.29 is 13.9 Å². The Hall–Kier alpha value is -3.43. The molecule has 0 bridgehead atoms. The molecule has 3 heterocycles. The van der Waals surface area contributed by atoms with Gasteiger partial charge in [0, 0.05) is 25.7 Å². The third-order valence-corrected chi connectivity index (χ3v) is 4.23. The van der Waals surface area contributed by atoms with Crippen molar-refractivity contribution in [3.63, 3.8) is 0 Å². The number of pyridine rings is 1. The van der Waals surface area contributed by atoms with Gasteiger partial charge >= 0.3 is 0 Å². The minimum atomic E-state index is -0.980. The highest BCUT2D eigenvalue weighted by molar-refractivity contribution is 6.00. The van der Waals surface area contributed by atoms with Crippen molar-refractivity contribution >= 4 is 28.9 Å². The zero-order valence-electron chi connectivity index (χ0n) is 14.7. The quantitative estimate of drug-likeness (QED) is 0.606. The lowest BCUT2D eigenvalue weighted by Crippen LogP contribution is -2.27. The highest BCUT2D eigenvalue weighted by Crippen LogP contribution is 2.28. The molecule has 1 saturated carbocycles. The summed E-state index contributed by atoms with van der Waals surface area (Å²) in [5.41, 5.74) is 1.25. The van der Waals surface area contributed by atoms with Crippen LogP contribution in [0.4, 0.5) is 21.7 Å². The van der Waals surface area contributed by atoms with Crippen molar-refractivity contribution in [3.8, 4) is 5.88 Å². The molecule has 10 heteroatoms. The van der Waals surface area contributed by atoms with Crippen LogP contribution in [0.25, 0.3) is 5.65 Å².